The minimum atomic E-state index is -2.04. The molecular weight excluding hydrogens is 408 g/mol. The first kappa shape index (κ1) is 23.0. The molecule has 1 saturated heterocycles. The largest absolute Gasteiger partial charge is 0.414 e. The zero-order valence-corrected chi connectivity index (χ0v) is 19.4. The Bertz CT molecular complexity index is 931. The molecule has 1 N–H and O–H groups in total. The number of ether oxygens (including phenoxy) is 2. The monoisotopic (exact) mass is 442 g/mol. The summed E-state index contributed by atoms with van der Waals surface area (Å²) in [6.45, 7) is 13.4. The Kier molecular flexibility index (Phi) is 5.13. The molecule has 4 aliphatic rings. The first-order valence-electron chi connectivity index (χ1n) is 11.6. The van der Waals surface area contributed by atoms with E-state index in [-0.39, 0.29) is 18.4 Å². The predicted octanol–water partition coefficient (Wildman–Crippen LogP) is 4.18. The van der Waals surface area contributed by atoms with E-state index in [2.05, 4.69) is 13.2 Å². The molecule has 1 heterocycles. The van der Waals surface area contributed by atoms with Crippen LogP contribution in [0.3, 0.4) is 0 Å². The molecule has 0 radical (unpaired) electrons. The van der Waals surface area contributed by atoms with Crippen LogP contribution in [0.4, 0.5) is 0 Å². The Morgan fingerprint density at radius 3 is 2.59 bits per heavy atom. The van der Waals surface area contributed by atoms with E-state index in [4.69, 9.17) is 9.47 Å². The first-order chi connectivity index (χ1) is 14.9. The highest BCUT2D eigenvalue weighted by molar-refractivity contribution is 6.11. The number of hydrogen-bond acceptors (Lipinski definition) is 6. The summed E-state index contributed by atoms with van der Waals surface area (Å²) in [5, 5.41) is 12.1. The Labute approximate surface area is 189 Å². The van der Waals surface area contributed by atoms with Gasteiger partial charge in [-0.15, -0.1) is 13.2 Å². The molecular formula is C26H34O6. The summed E-state index contributed by atoms with van der Waals surface area (Å²) in [6.07, 6.45) is 9.08. The van der Waals surface area contributed by atoms with Gasteiger partial charge in [-0.2, -0.15) is 0 Å². The number of carbonyl (C=O) groups excluding carboxylic acids is 3. The number of unbranched alkanes of at least 4 members (excludes halogenated alkanes) is 1. The van der Waals surface area contributed by atoms with Crippen molar-refractivity contribution >= 4 is 17.7 Å². The summed E-state index contributed by atoms with van der Waals surface area (Å²) in [5.41, 5.74) is -3.91. The number of aliphatic hydroxyl groups is 1. The number of hydrogen-bond donors (Lipinski definition) is 1. The predicted molar refractivity (Wildman–Crippen MR) is 118 cm³/mol. The van der Waals surface area contributed by atoms with E-state index in [0.29, 0.717) is 32.1 Å². The molecule has 0 amide bonds. The van der Waals surface area contributed by atoms with Crippen molar-refractivity contribution in [3.63, 3.8) is 0 Å². The van der Waals surface area contributed by atoms with Gasteiger partial charge in [-0.1, -0.05) is 45.4 Å². The molecule has 0 spiro atoms. The maximum Gasteiger partial charge on any atom is 0.325 e. The van der Waals surface area contributed by atoms with Gasteiger partial charge < -0.3 is 14.6 Å². The van der Waals surface area contributed by atoms with E-state index < -0.39 is 51.3 Å². The van der Waals surface area contributed by atoms with Crippen LogP contribution in [0.5, 0.6) is 0 Å². The highest BCUT2D eigenvalue weighted by Gasteiger charge is 2.85. The van der Waals surface area contributed by atoms with Crippen LogP contribution in [0.15, 0.2) is 37.0 Å². The molecule has 32 heavy (non-hydrogen) atoms. The molecule has 0 aromatic heterocycles. The molecule has 6 heteroatoms. The van der Waals surface area contributed by atoms with Crippen molar-refractivity contribution in [1.29, 1.82) is 0 Å². The zero-order chi connectivity index (χ0) is 23.6. The van der Waals surface area contributed by atoms with Gasteiger partial charge in [0, 0.05) is 17.4 Å². The SMILES string of the molecule is C=CCCCC(=O)O[C@]12OC(=O)[C@@]3(CCCC(C)(C)[C@H]13)[C@@]1(O)CC[C@](C)(C=C)C=C1C2=O. The van der Waals surface area contributed by atoms with E-state index in [1.54, 1.807) is 18.2 Å². The van der Waals surface area contributed by atoms with Gasteiger partial charge in [0.15, 0.2) is 0 Å². The van der Waals surface area contributed by atoms with Crippen LogP contribution in [0.2, 0.25) is 0 Å². The normalized spacial score (nSPS) is 41.6. The summed E-state index contributed by atoms with van der Waals surface area (Å²) >= 11 is 0. The summed E-state index contributed by atoms with van der Waals surface area (Å²) in [6, 6.07) is 0. The maximum absolute atomic E-state index is 14.1. The minimum absolute atomic E-state index is 0.0897. The summed E-state index contributed by atoms with van der Waals surface area (Å²) < 4.78 is 11.7. The van der Waals surface area contributed by atoms with E-state index in [1.165, 1.54) is 0 Å². The lowest BCUT2D eigenvalue weighted by Crippen LogP contribution is -2.71. The first-order valence-corrected chi connectivity index (χ1v) is 11.6. The van der Waals surface area contributed by atoms with Crippen molar-refractivity contribution in [1.82, 2.24) is 0 Å². The van der Waals surface area contributed by atoms with Gasteiger partial charge in [-0.25, -0.2) is 0 Å². The Balaban J connectivity index is 1.90. The number of allylic oxidation sites excluding steroid dienone is 3. The standard InChI is InChI=1S/C26H34O6/c1-6-8-9-11-18(27)31-26-19(28)17-16-23(5,7-2)14-15-25(17,30)24(21(29)32-26)13-10-12-22(3,4)20(24)26/h6-7,16,20,30H,1-2,8-15H2,3-5H3/t20-,23-,24-,25+,26+/m0/s1. The fourth-order valence-corrected chi connectivity index (χ4v) is 6.83. The Morgan fingerprint density at radius 2 is 1.94 bits per heavy atom. The van der Waals surface area contributed by atoms with Crippen molar-refractivity contribution in [2.45, 2.75) is 83.5 Å². The molecule has 3 fully saturated rings. The van der Waals surface area contributed by atoms with Gasteiger partial charge in [-0.05, 0) is 43.9 Å². The van der Waals surface area contributed by atoms with E-state index in [1.807, 2.05) is 20.8 Å². The van der Waals surface area contributed by atoms with Crippen LogP contribution < -0.4 is 0 Å². The molecule has 0 aromatic rings. The number of fused-ring (bicyclic) bond motifs is 1. The van der Waals surface area contributed by atoms with Crippen LogP contribution in [0.1, 0.15) is 72.1 Å². The van der Waals surface area contributed by atoms with Gasteiger partial charge in [0.05, 0.1) is 5.92 Å². The molecule has 1 aliphatic heterocycles. The van der Waals surface area contributed by atoms with Crippen molar-refractivity contribution in [3.05, 3.63) is 37.0 Å². The Morgan fingerprint density at radius 1 is 1.22 bits per heavy atom. The Hall–Kier alpha value is -2.21. The smallest absolute Gasteiger partial charge is 0.325 e. The number of Topliss-reactive ketones (excluding diaryl/α,β-unsaturated/α-hetero) is 1. The van der Waals surface area contributed by atoms with Gasteiger partial charge in [0.2, 0.25) is 5.78 Å². The van der Waals surface area contributed by atoms with Gasteiger partial charge in [-0.3, -0.25) is 14.4 Å². The van der Waals surface area contributed by atoms with Crippen LogP contribution in [0, 0.1) is 22.2 Å². The second kappa shape index (κ2) is 7.14. The number of ketones is 1. The van der Waals surface area contributed by atoms with Crippen molar-refractivity contribution in [3.8, 4) is 0 Å². The van der Waals surface area contributed by atoms with E-state index in [9.17, 15) is 19.5 Å². The fraction of sp³-hybridized carbons (Fsp3) is 0.654. The molecule has 0 unspecified atom stereocenters. The van der Waals surface area contributed by atoms with Crippen LogP contribution >= 0.6 is 0 Å². The topological polar surface area (TPSA) is 89.9 Å². The zero-order valence-electron chi connectivity index (χ0n) is 19.4. The lowest BCUT2D eigenvalue weighted by atomic mass is 9.42. The summed E-state index contributed by atoms with van der Waals surface area (Å²) in [5.74, 6) is -4.61. The third-order valence-electron chi connectivity index (χ3n) is 8.42. The quantitative estimate of drug-likeness (QED) is 0.377. The highest BCUT2D eigenvalue weighted by atomic mass is 16.7. The fourth-order valence-electron chi connectivity index (χ4n) is 6.83. The second-order valence-corrected chi connectivity index (χ2v) is 10.9. The van der Waals surface area contributed by atoms with Crippen LogP contribution in [-0.4, -0.2) is 34.2 Å². The average Bonchev–Trinajstić information content (AvgIpc) is 2.98. The van der Waals surface area contributed by atoms with Crippen LogP contribution in [-0.2, 0) is 23.9 Å². The molecule has 174 valence electrons. The molecule has 4 rings (SSSR count). The average molecular weight is 443 g/mol. The second-order valence-electron chi connectivity index (χ2n) is 10.9. The van der Waals surface area contributed by atoms with Gasteiger partial charge >= 0.3 is 17.7 Å². The molecule has 2 bridgehead atoms. The van der Waals surface area contributed by atoms with Crippen molar-refractivity contribution in [2.24, 2.45) is 22.2 Å². The van der Waals surface area contributed by atoms with E-state index >= 15 is 0 Å². The third-order valence-corrected chi connectivity index (χ3v) is 8.42. The van der Waals surface area contributed by atoms with Crippen molar-refractivity contribution in [2.75, 3.05) is 0 Å². The molecule has 6 nitrogen and oxygen atoms in total. The molecule has 0 aromatic carbocycles. The van der Waals surface area contributed by atoms with Gasteiger partial charge in [0.1, 0.15) is 11.0 Å². The molecule has 5 atom stereocenters. The van der Waals surface area contributed by atoms with Crippen molar-refractivity contribution < 1.29 is 29.0 Å². The number of rotatable bonds is 6. The van der Waals surface area contributed by atoms with E-state index in [0.717, 1.165) is 6.42 Å². The molecule has 2 saturated carbocycles. The highest BCUT2D eigenvalue weighted by Crippen LogP contribution is 2.72. The summed E-state index contributed by atoms with van der Waals surface area (Å²) in [4.78, 5) is 40.5. The lowest BCUT2D eigenvalue weighted by molar-refractivity contribution is -0.249. The van der Waals surface area contributed by atoms with Crippen LogP contribution in [0.25, 0.3) is 0 Å². The number of carbonyl (C=O) groups is 3. The van der Waals surface area contributed by atoms with Gasteiger partial charge in [0.25, 0.3) is 0 Å². The lowest BCUT2D eigenvalue weighted by Gasteiger charge is -2.60. The summed E-state index contributed by atoms with van der Waals surface area (Å²) in [7, 11) is 0. The maximum atomic E-state index is 14.1. The third kappa shape index (κ3) is 2.77. The number of esters is 2. The molecule has 3 aliphatic carbocycles. The minimum Gasteiger partial charge on any atom is -0.414 e.